The van der Waals surface area contributed by atoms with Gasteiger partial charge < -0.3 is 4.98 Å². The molecule has 1 atom stereocenters. The second-order valence-corrected chi connectivity index (χ2v) is 6.58. The highest BCUT2D eigenvalue weighted by Crippen LogP contribution is 2.31. The molecule has 3 heterocycles. The van der Waals surface area contributed by atoms with Gasteiger partial charge in [-0.05, 0) is 24.8 Å². The van der Waals surface area contributed by atoms with Crippen molar-refractivity contribution in [2.24, 2.45) is 5.92 Å². The molecule has 1 aliphatic carbocycles. The Bertz CT molecular complexity index is 865. The zero-order valence-corrected chi connectivity index (χ0v) is 13.5. The lowest BCUT2D eigenvalue weighted by Gasteiger charge is -2.13. The van der Waals surface area contributed by atoms with Crippen LogP contribution in [-0.4, -0.2) is 25.0 Å². The van der Waals surface area contributed by atoms with E-state index in [1.807, 2.05) is 24.7 Å². The zero-order chi connectivity index (χ0) is 16.4. The SMILES string of the molecule is N#CC(CCC1CCCC1)n1cc(-c2cnnc3[nH]ccc23)cn1. The fraction of sp³-hybridized carbons (Fsp3) is 0.444. The van der Waals surface area contributed by atoms with Crippen LogP contribution in [-0.2, 0) is 0 Å². The minimum Gasteiger partial charge on any atom is -0.345 e. The highest BCUT2D eigenvalue weighted by atomic mass is 15.3. The molecular weight excluding hydrogens is 300 g/mol. The minimum atomic E-state index is -0.198. The number of nitriles is 1. The first kappa shape index (κ1) is 14.9. The van der Waals surface area contributed by atoms with Crippen molar-refractivity contribution in [3.05, 3.63) is 30.9 Å². The molecule has 0 aromatic carbocycles. The molecule has 0 amide bonds. The number of hydrogen-bond acceptors (Lipinski definition) is 4. The molecule has 0 spiro atoms. The van der Waals surface area contributed by atoms with E-state index >= 15 is 0 Å². The number of H-pyrrole nitrogens is 1. The van der Waals surface area contributed by atoms with Crippen molar-refractivity contribution >= 4 is 11.0 Å². The van der Waals surface area contributed by atoms with E-state index in [4.69, 9.17) is 0 Å². The van der Waals surface area contributed by atoms with E-state index in [0.29, 0.717) is 0 Å². The predicted octanol–water partition coefficient (Wildman–Crippen LogP) is 3.86. The maximum atomic E-state index is 9.53. The zero-order valence-electron chi connectivity index (χ0n) is 13.5. The molecule has 0 aliphatic heterocycles. The third kappa shape index (κ3) is 2.78. The monoisotopic (exact) mass is 320 g/mol. The van der Waals surface area contributed by atoms with Gasteiger partial charge in [-0.1, -0.05) is 25.7 Å². The summed E-state index contributed by atoms with van der Waals surface area (Å²) in [5.74, 6) is 0.791. The normalized spacial score (nSPS) is 16.5. The van der Waals surface area contributed by atoms with Crippen molar-refractivity contribution in [3.63, 3.8) is 0 Å². The third-order valence-corrected chi connectivity index (χ3v) is 5.06. The van der Waals surface area contributed by atoms with E-state index in [0.717, 1.165) is 40.9 Å². The Morgan fingerprint density at radius 1 is 1.33 bits per heavy atom. The summed E-state index contributed by atoms with van der Waals surface area (Å²) in [5.41, 5.74) is 2.72. The summed E-state index contributed by atoms with van der Waals surface area (Å²) in [5, 5.41) is 23.1. The first-order valence-electron chi connectivity index (χ1n) is 8.58. The Balaban J connectivity index is 1.55. The maximum Gasteiger partial charge on any atom is 0.160 e. The lowest BCUT2D eigenvalue weighted by Crippen LogP contribution is -2.09. The highest BCUT2D eigenvalue weighted by molar-refractivity contribution is 5.91. The number of hydrogen-bond donors (Lipinski definition) is 1. The summed E-state index contributed by atoms with van der Waals surface area (Å²) in [6.45, 7) is 0. The number of nitrogens with zero attached hydrogens (tertiary/aromatic N) is 5. The Labute approximate surface area is 140 Å². The average molecular weight is 320 g/mol. The van der Waals surface area contributed by atoms with Crippen LogP contribution in [0.3, 0.4) is 0 Å². The molecule has 24 heavy (non-hydrogen) atoms. The Morgan fingerprint density at radius 2 is 2.21 bits per heavy atom. The maximum absolute atomic E-state index is 9.53. The summed E-state index contributed by atoms with van der Waals surface area (Å²) < 4.78 is 1.79. The van der Waals surface area contributed by atoms with Gasteiger partial charge in [-0.2, -0.15) is 15.5 Å². The number of rotatable bonds is 5. The number of nitrogens with one attached hydrogen (secondary N) is 1. The smallest absolute Gasteiger partial charge is 0.160 e. The van der Waals surface area contributed by atoms with Crippen molar-refractivity contribution in [3.8, 4) is 17.2 Å². The van der Waals surface area contributed by atoms with Gasteiger partial charge in [0, 0.05) is 28.9 Å². The third-order valence-electron chi connectivity index (χ3n) is 5.06. The fourth-order valence-corrected chi connectivity index (χ4v) is 3.70. The molecule has 6 nitrogen and oxygen atoms in total. The predicted molar refractivity (Wildman–Crippen MR) is 91.0 cm³/mol. The van der Waals surface area contributed by atoms with Crippen molar-refractivity contribution in [2.45, 2.75) is 44.6 Å². The van der Waals surface area contributed by atoms with Crippen LogP contribution in [0.5, 0.6) is 0 Å². The van der Waals surface area contributed by atoms with Crippen LogP contribution in [0.2, 0.25) is 0 Å². The van der Waals surface area contributed by atoms with Gasteiger partial charge in [0.15, 0.2) is 5.65 Å². The molecule has 1 saturated carbocycles. The van der Waals surface area contributed by atoms with Crippen molar-refractivity contribution in [1.82, 2.24) is 25.0 Å². The summed E-state index contributed by atoms with van der Waals surface area (Å²) in [6.07, 6.45) is 14.7. The van der Waals surface area contributed by atoms with Crippen LogP contribution in [0.1, 0.15) is 44.6 Å². The van der Waals surface area contributed by atoms with E-state index in [1.54, 1.807) is 10.9 Å². The minimum absolute atomic E-state index is 0.198. The molecule has 3 aromatic heterocycles. The van der Waals surface area contributed by atoms with Gasteiger partial charge in [-0.25, -0.2) is 0 Å². The molecule has 0 radical (unpaired) electrons. The number of aromatic nitrogens is 5. The fourth-order valence-electron chi connectivity index (χ4n) is 3.70. The summed E-state index contributed by atoms with van der Waals surface area (Å²) in [6, 6.07) is 4.19. The van der Waals surface area contributed by atoms with Gasteiger partial charge >= 0.3 is 0 Å². The van der Waals surface area contributed by atoms with Gasteiger partial charge in [0.25, 0.3) is 0 Å². The summed E-state index contributed by atoms with van der Waals surface area (Å²) in [4.78, 5) is 3.07. The molecule has 3 aromatic rings. The van der Waals surface area contributed by atoms with E-state index < -0.39 is 0 Å². The molecule has 4 rings (SSSR count). The molecule has 1 aliphatic rings. The van der Waals surface area contributed by atoms with E-state index in [9.17, 15) is 5.26 Å². The van der Waals surface area contributed by atoms with E-state index in [2.05, 4.69) is 26.3 Å². The second kappa shape index (κ2) is 6.44. The van der Waals surface area contributed by atoms with Crippen molar-refractivity contribution < 1.29 is 0 Å². The van der Waals surface area contributed by atoms with Gasteiger partial charge in [0.2, 0.25) is 0 Å². The quantitative estimate of drug-likeness (QED) is 0.774. The highest BCUT2D eigenvalue weighted by Gasteiger charge is 2.19. The van der Waals surface area contributed by atoms with Crippen molar-refractivity contribution in [1.29, 1.82) is 5.26 Å². The molecule has 0 bridgehead atoms. The van der Waals surface area contributed by atoms with Gasteiger partial charge in [-0.15, -0.1) is 5.10 Å². The number of aromatic amines is 1. The molecule has 1 unspecified atom stereocenters. The average Bonchev–Trinajstić information content (AvgIpc) is 3.36. The molecule has 1 fully saturated rings. The summed E-state index contributed by atoms with van der Waals surface area (Å²) >= 11 is 0. The summed E-state index contributed by atoms with van der Waals surface area (Å²) in [7, 11) is 0. The van der Waals surface area contributed by atoms with Crippen LogP contribution in [0.15, 0.2) is 30.9 Å². The van der Waals surface area contributed by atoms with Crippen LogP contribution >= 0.6 is 0 Å². The largest absolute Gasteiger partial charge is 0.345 e. The topological polar surface area (TPSA) is 83.2 Å². The van der Waals surface area contributed by atoms with Gasteiger partial charge in [0.1, 0.15) is 6.04 Å². The van der Waals surface area contributed by atoms with Crippen molar-refractivity contribution in [2.75, 3.05) is 0 Å². The lowest BCUT2D eigenvalue weighted by atomic mass is 9.99. The number of fused-ring (bicyclic) bond motifs is 1. The molecule has 122 valence electrons. The van der Waals surface area contributed by atoms with Gasteiger partial charge in [0.05, 0.1) is 18.5 Å². The molecule has 0 saturated heterocycles. The first-order valence-corrected chi connectivity index (χ1v) is 8.58. The van der Waals surface area contributed by atoms with Crippen LogP contribution in [0.25, 0.3) is 22.2 Å². The Kier molecular flexibility index (Phi) is 3.99. The van der Waals surface area contributed by atoms with Crippen LogP contribution in [0, 0.1) is 17.2 Å². The van der Waals surface area contributed by atoms with Crippen LogP contribution in [0.4, 0.5) is 0 Å². The molecule has 6 heteroatoms. The van der Waals surface area contributed by atoms with E-state index in [-0.39, 0.29) is 6.04 Å². The first-order chi connectivity index (χ1) is 11.8. The second-order valence-electron chi connectivity index (χ2n) is 6.58. The Morgan fingerprint density at radius 3 is 3.04 bits per heavy atom. The standard InChI is InChI=1S/C18H20N6/c19-9-15(6-5-13-3-1-2-4-13)24-12-14(10-22-24)17-11-21-23-18-16(17)7-8-20-18/h7-8,10-13,15H,1-6H2,(H,20,23). The van der Waals surface area contributed by atoms with E-state index in [1.165, 1.54) is 25.7 Å². The molecular formula is C18H20N6. The van der Waals surface area contributed by atoms with Crippen LogP contribution < -0.4 is 0 Å². The lowest BCUT2D eigenvalue weighted by molar-refractivity contribution is 0.418. The van der Waals surface area contributed by atoms with Gasteiger partial charge in [-0.3, -0.25) is 4.68 Å². The Hall–Kier alpha value is -2.68. The molecule has 1 N–H and O–H groups in total.